The third-order valence-electron chi connectivity index (χ3n) is 3.74. The Kier molecular flexibility index (Phi) is 4.59. The van der Waals surface area contributed by atoms with Gasteiger partial charge in [-0.1, -0.05) is 29.8 Å². The number of hydrogen-bond donors (Lipinski definition) is 2. The van der Waals surface area contributed by atoms with Gasteiger partial charge in [0.15, 0.2) is 5.76 Å². The number of nitro benzene ring substituents is 1. The number of nitrogens with zero attached hydrogens (tertiary/aromatic N) is 1. The smallest absolute Gasteiger partial charge is 0.305 e. The highest BCUT2D eigenvalue weighted by Crippen LogP contribution is 2.25. The molecule has 0 radical (unpaired) electrons. The molecule has 2 aromatic carbocycles. The predicted octanol–water partition coefficient (Wildman–Crippen LogP) is 3.38. The van der Waals surface area contributed by atoms with Gasteiger partial charge >= 0.3 is 5.91 Å². The lowest BCUT2D eigenvalue weighted by atomic mass is 10.1. The summed E-state index contributed by atoms with van der Waals surface area (Å²) in [5.41, 5.74) is 5.13. The van der Waals surface area contributed by atoms with E-state index in [1.807, 2.05) is 12.1 Å². The molecule has 0 saturated carbocycles. The SMILES string of the molecule is Cc1c(C(=O)NNC(=O)c2cc([N+](=O)[O-])ccc2Cl)oc2ccccc12. The minimum atomic E-state index is -0.791. The first-order valence-electron chi connectivity index (χ1n) is 7.41. The van der Waals surface area contributed by atoms with Gasteiger partial charge in [-0.2, -0.15) is 0 Å². The standard InChI is InChI=1S/C17H12ClN3O5/c1-9-11-4-2-3-5-14(11)26-15(9)17(23)20-19-16(22)12-8-10(21(24)25)6-7-13(12)18/h2-8H,1H3,(H,19,22)(H,20,23). The van der Waals surface area contributed by atoms with Crippen molar-refractivity contribution in [3.8, 4) is 0 Å². The number of hydrazine groups is 1. The number of amides is 2. The van der Waals surface area contributed by atoms with Crippen molar-refractivity contribution in [2.24, 2.45) is 0 Å². The Morgan fingerprint density at radius 2 is 1.81 bits per heavy atom. The molecule has 0 aliphatic carbocycles. The van der Waals surface area contributed by atoms with Gasteiger partial charge in [0.25, 0.3) is 11.6 Å². The van der Waals surface area contributed by atoms with Crippen LogP contribution in [0.25, 0.3) is 11.0 Å². The third kappa shape index (κ3) is 3.22. The zero-order chi connectivity index (χ0) is 18.8. The van der Waals surface area contributed by atoms with E-state index in [1.54, 1.807) is 19.1 Å². The molecule has 0 fully saturated rings. The van der Waals surface area contributed by atoms with Gasteiger partial charge in [-0.15, -0.1) is 0 Å². The molecule has 0 saturated heterocycles. The van der Waals surface area contributed by atoms with Crippen molar-refractivity contribution >= 4 is 40.1 Å². The summed E-state index contributed by atoms with van der Waals surface area (Å²) in [6.07, 6.45) is 0. The topological polar surface area (TPSA) is 114 Å². The lowest BCUT2D eigenvalue weighted by molar-refractivity contribution is -0.384. The summed E-state index contributed by atoms with van der Waals surface area (Å²) >= 11 is 5.89. The summed E-state index contributed by atoms with van der Waals surface area (Å²) in [5, 5.41) is 11.6. The van der Waals surface area contributed by atoms with E-state index in [9.17, 15) is 19.7 Å². The van der Waals surface area contributed by atoms with Crippen LogP contribution in [0.1, 0.15) is 26.5 Å². The average molecular weight is 374 g/mol. The first-order chi connectivity index (χ1) is 12.4. The molecule has 1 heterocycles. The maximum Gasteiger partial charge on any atom is 0.305 e. The van der Waals surface area contributed by atoms with Gasteiger partial charge in [-0.25, -0.2) is 0 Å². The minimum Gasteiger partial charge on any atom is -0.451 e. The van der Waals surface area contributed by atoms with E-state index in [1.165, 1.54) is 12.1 Å². The molecule has 3 rings (SSSR count). The third-order valence-corrected chi connectivity index (χ3v) is 4.07. The second-order valence-electron chi connectivity index (χ2n) is 5.38. The lowest BCUT2D eigenvalue weighted by Gasteiger charge is -2.07. The van der Waals surface area contributed by atoms with E-state index in [0.717, 1.165) is 11.5 Å². The molecule has 0 aliphatic heterocycles. The minimum absolute atomic E-state index is 0.0160. The zero-order valence-electron chi connectivity index (χ0n) is 13.4. The second-order valence-corrected chi connectivity index (χ2v) is 5.79. The van der Waals surface area contributed by atoms with Crippen LogP contribution in [0.3, 0.4) is 0 Å². The number of rotatable bonds is 3. The number of halogens is 1. The Hall–Kier alpha value is -3.39. The summed E-state index contributed by atoms with van der Waals surface area (Å²) in [7, 11) is 0. The van der Waals surface area contributed by atoms with E-state index in [0.29, 0.717) is 11.1 Å². The number of carbonyl (C=O) groups excluding carboxylic acids is 2. The number of para-hydroxylation sites is 1. The number of carbonyl (C=O) groups is 2. The summed E-state index contributed by atoms with van der Waals surface area (Å²) in [4.78, 5) is 34.6. The van der Waals surface area contributed by atoms with Gasteiger partial charge in [-0.3, -0.25) is 30.6 Å². The van der Waals surface area contributed by atoms with Crippen LogP contribution in [-0.4, -0.2) is 16.7 Å². The summed E-state index contributed by atoms with van der Waals surface area (Å²) in [6, 6.07) is 10.6. The summed E-state index contributed by atoms with van der Waals surface area (Å²) in [5.74, 6) is -1.40. The van der Waals surface area contributed by atoms with E-state index < -0.39 is 16.7 Å². The molecule has 0 aliphatic rings. The molecule has 8 nitrogen and oxygen atoms in total. The van der Waals surface area contributed by atoms with E-state index in [4.69, 9.17) is 16.0 Å². The van der Waals surface area contributed by atoms with Crippen molar-refractivity contribution in [3.05, 3.63) is 74.5 Å². The number of non-ortho nitro benzene ring substituents is 1. The van der Waals surface area contributed by atoms with Crippen LogP contribution in [-0.2, 0) is 0 Å². The van der Waals surface area contributed by atoms with Crippen molar-refractivity contribution in [2.45, 2.75) is 6.92 Å². The average Bonchev–Trinajstić information content (AvgIpc) is 2.97. The molecule has 0 unspecified atom stereocenters. The largest absolute Gasteiger partial charge is 0.451 e. The first kappa shape index (κ1) is 17.4. The predicted molar refractivity (Wildman–Crippen MR) is 94.0 cm³/mol. The quantitative estimate of drug-likeness (QED) is 0.539. The van der Waals surface area contributed by atoms with Crippen LogP contribution in [0, 0.1) is 17.0 Å². The molecule has 2 N–H and O–H groups in total. The van der Waals surface area contributed by atoms with E-state index in [-0.39, 0.29) is 22.0 Å². The number of aryl methyl sites for hydroxylation is 1. The highest BCUT2D eigenvalue weighted by Gasteiger charge is 2.20. The molecule has 26 heavy (non-hydrogen) atoms. The van der Waals surface area contributed by atoms with E-state index in [2.05, 4.69) is 10.9 Å². The molecule has 9 heteroatoms. The van der Waals surface area contributed by atoms with Crippen LogP contribution in [0.2, 0.25) is 5.02 Å². The van der Waals surface area contributed by atoms with Gasteiger partial charge in [-0.05, 0) is 19.1 Å². The van der Waals surface area contributed by atoms with E-state index >= 15 is 0 Å². The maximum atomic E-state index is 12.3. The molecule has 132 valence electrons. The van der Waals surface area contributed by atoms with Gasteiger partial charge in [0.05, 0.1) is 15.5 Å². The lowest BCUT2D eigenvalue weighted by Crippen LogP contribution is -2.41. The number of nitro groups is 1. The Morgan fingerprint density at radius 3 is 2.50 bits per heavy atom. The highest BCUT2D eigenvalue weighted by molar-refractivity contribution is 6.34. The fraction of sp³-hybridized carbons (Fsp3) is 0.0588. The maximum absolute atomic E-state index is 12.3. The Morgan fingerprint density at radius 1 is 1.12 bits per heavy atom. The molecule has 1 aromatic heterocycles. The van der Waals surface area contributed by atoms with Crippen molar-refractivity contribution in [2.75, 3.05) is 0 Å². The fourth-order valence-corrected chi connectivity index (χ4v) is 2.63. The molecular formula is C17H12ClN3O5. The zero-order valence-corrected chi connectivity index (χ0v) is 14.2. The number of hydrogen-bond acceptors (Lipinski definition) is 5. The second kappa shape index (κ2) is 6.85. The van der Waals surface area contributed by atoms with Gasteiger partial charge in [0, 0.05) is 23.1 Å². The Labute approximate surface area is 151 Å². The molecule has 3 aromatic rings. The highest BCUT2D eigenvalue weighted by atomic mass is 35.5. The Bertz CT molecular complexity index is 1040. The monoisotopic (exact) mass is 373 g/mol. The van der Waals surface area contributed by atoms with Crippen molar-refractivity contribution in [3.63, 3.8) is 0 Å². The number of furan rings is 1. The van der Waals surface area contributed by atoms with Crippen molar-refractivity contribution < 1.29 is 18.9 Å². The fourth-order valence-electron chi connectivity index (χ4n) is 2.43. The molecule has 0 spiro atoms. The molecular weight excluding hydrogens is 362 g/mol. The van der Waals surface area contributed by atoms with Crippen LogP contribution >= 0.6 is 11.6 Å². The molecule has 0 bridgehead atoms. The van der Waals surface area contributed by atoms with Gasteiger partial charge in [0.2, 0.25) is 0 Å². The summed E-state index contributed by atoms with van der Waals surface area (Å²) in [6.45, 7) is 1.72. The van der Waals surface area contributed by atoms with Crippen molar-refractivity contribution in [1.82, 2.24) is 10.9 Å². The van der Waals surface area contributed by atoms with Crippen LogP contribution in [0.4, 0.5) is 5.69 Å². The molecule has 0 atom stereocenters. The van der Waals surface area contributed by atoms with Crippen LogP contribution in [0.5, 0.6) is 0 Å². The number of benzene rings is 2. The van der Waals surface area contributed by atoms with Crippen LogP contribution in [0.15, 0.2) is 46.9 Å². The number of nitrogens with one attached hydrogen (secondary N) is 2. The molecule has 2 amide bonds. The van der Waals surface area contributed by atoms with Gasteiger partial charge in [0.1, 0.15) is 5.58 Å². The first-order valence-corrected chi connectivity index (χ1v) is 7.79. The number of fused-ring (bicyclic) bond motifs is 1. The Balaban J connectivity index is 1.77. The van der Waals surface area contributed by atoms with Gasteiger partial charge < -0.3 is 4.42 Å². The van der Waals surface area contributed by atoms with Crippen molar-refractivity contribution in [1.29, 1.82) is 0 Å². The normalized spacial score (nSPS) is 10.5. The summed E-state index contributed by atoms with van der Waals surface area (Å²) < 4.78 is 5.49. The van der Waals surface area contributed by atoms with Crippen LogP contribution < -0.4 is 10.9 Å².